The molecule has 2 aliphatic heterocycles. The number of aromatic nitrogens is 2. The SMILES string of the molecule is CSc1ncc(C)c(OCC2CCN(C3CCN(C(C)C)C3=O)CC2)n1. The zero-order valence-corrected chi connectivity index (χ0v) is 17.1. The van der Waals surface area contributed by atoms with Crippen molar-refractivity contribution in [1.82, 2.24) is 19.8 Å². The van der Waals surface area contributed by atoms with Crippen LogP contribution in [-0.2, 0) is 4.79 Å². The summed E-state index contributed by atoms with van der Waals surface area (Å²) in [5.74, 6) is 1.54. The zero-order valence-electron chi connectivity index (χ0n) is 16.3. The van der Waals surface area contributed by atoms with E-state index >= 15 is 0 Å². The molecule has 7 heteroatoms. The van der Waals surface area contributed by atoms with Gasteiger partial charge in [0.05, 0.1) is 12.6 Å². The fourth-order valence-corrected chi connectivity index (χ4v) is 4.15. The van der Waals surface area contributed by atoms with Crippen LogP contribution >= 0.6 is 11.8 Å². The molecular weight excluding hydrogens is 348 g/mol. The number of piperidine rings is 1. The maximum Gasteiger partial charge on any atom is 0.240 e. The van der Waals surface area contributed by atoms with E-state index in [1.165, 1.54) is 11.8 Å². The Labute approximate surface area is 160 Å². The Morgan fingerprint density at radius 2 is 2.00 bits per heavy atom. The highest BCUT2D eigenvalue weighted by atomic mass is 32.2. The maximum absolute atomic E-state index is 12.6. The average molecular weight is 379 g/mol. The van der Waals surface area contributed by atoms with E-state index in [1.807, 2.05) is 24.3 Å². The molecule has 144 valence electrons. The molecule has 1 unspecified atom stereocenters. The molecule has 0 spiro atoms. The number of thioether (sulfide) groups is 1. The molecule has 1 amide bonds. The molecule has 26 heavy (non-hydrogen) atoms. The number of ether oxygens (including phenoxy) is 1. The average Bonchev–Trinajstić information content (AvgIpc) is 3.03. The summed E-state index contributed by atoms with van der Waals surface area (Å²) in [5.41, 5.74) is 0.977. The summed E-state index contributed by atoms with van der Waals surface area (Å²) in [6, 6.07) is 0.397. The number of amides is 1. The first-order chi connectivity index (χ1) is 12.5. The van der Waals surface area contributed by atoms with E-state index < -0.39 is 0 Å². The van der Waals surface area contributed by atoms with Crippen molar-refractivity contribution in [3.8, 4) is 5.88 Å². The maximum atomic E-state index is 12.6. The largest absolute Gasteiger partial charge is 0.477 e. The predicted molar refractivity (Wildman–Crippen MR) is 104 cm³/mol. The molecule has 1 aromatic heterocycles. The van der Waals surface area contributed by atoms with Gasteiger partial charge >= 0.3 is 0 Å². The second-order valence-electron chi connectivity index (χ2n) is 7.57. The van der Waals surface area contributed by atoms with Gasteiger partial charge in [-0.2, -0.15) is 4.98 Å². The molecule has 0 radical (unpaired) electrons. The number of carbonyl (C=O) groups is 1. The molecule has 2 aliphatic rings. The van der Waals surface area contributed by atoms with Crippen molar-refractivity contribution in [3.63, 3.8) is 0 Å². The quantitative estimate of drug-likeness (QED) is 0.560. The summed E-state index contributed by atoms with van der Waals surface area (Å²) in [7, 11) is 0. The van der Waals surface area contributed by atoms with Gasteiger partial charge in [-0.05, 0) is 65.3 Å². The molecule has 0 aliphatic carbocycles. The molecule has 1 atom stereocenters. The molecule has 0 N–H and O–H groups in total. The molecule has 1 aromatic rings. The highest BCUT2D eigenvalue weighted by Gasteiger charge is 2.38. The number of carbonyl (C=O) groups excluding carboxylic acids is 1. The second kappa shape index (κ2) is 8.57. The van der Waals surface area contributed by atoms with Gasteiger partial charge in [0.1, 0.15) is 0 Å². The first-order valence-corrected chi connectivity index (χ1v) is 10.8. The summed E-state index contributed by atoms with van der Waals surface area (Å²) >= 11 is 1.52. The van der Waals surface area contributed by atoms with Crippen molar-refractivity contribution in [2.24, 2.45) is 5.92 Å². The lowest BCUT2D eigenvalue weighted by Gasteiger charge is -2.35. The van der Waals surface area contributed by atoms with Crippen LogP contribution in [0.15, 0.2) is 11.4 Å². The molecule has 0 bridgehead atoms. The van der Waals surface area contributed by atoms with E-state index in [1.54, 1.807) is 0 Å². The molecule has 2 fully saturated rings. The van der Waals surface area contributed by atoms with E-state index in [9.17, 15) is 4.79 Å². The van der Waals surface area contributed by atoms with Gasteiger partial charge in [-0.15, -0.1) is 0 Å². The predicted octanol–water partition coefficient (Wildman–Crippen LogP) is 2.61. The van der Waals surface area contributed by atoms with E-state index in [4.69, 9.17) is 4.74 Å². The van der Waals surface area contributed by atoms with Crippen molar-refractivity contribution in [2.75, 3.05) is 32.5 Å². The van der Waals surface area contributed by atoms with Crippen LogP contribution in [0.2, 0.25) is 0 Å². The molecule has 6 nitrogen and oxygen atoms in total. The van der Waals surface area contributed by atoms with Gasteiger partial charge in [-0.3, -0.25) is 9.69 Å². The van der Waals surface area contributed by atoms with E-state index in [2.05, 4.69) is 28.7 Å². The molecule has 0 aromatic carbocycles. The highest BCUT2D eigenvalue weighted by molar-refractivity contribution is 7.98. The number of likely N-dealkylation sites (tertiary alicyclic amines) is 2. The van der Waals surface area contributed by atoms with Crippen LogP contribution in [0.25, 0.3) is 0 Å². The smallest absolute Gasteiger partial charge is 0.240 e. The Bertz CT molecular complexity index is 632. The third-order valence-electron chi connectivity index (χ3n) is 5.47. The van der Waals surface area contributed by atoms with Crippen LogP contribution in [0, 0.1) is 12.8 Å². The van der Waals surface area contributed by atoms with Crippen molar-refractivity contribution >= 4 is 17.7 Å². The van der Waals surface area contributed by atoms with Gasteiger partial charge in [0.2, 0.25) is 11.8 Å². The Morgan fingerprint density at radius 1 is 1.27 bits per heavy atom. The third kappa shape index (κ3) is 4.31. The number of aryl methyl sites for hydroxylation is 1. The van der Waals surface area contributed by atoms with Gasteiger partial charge in [-0.1, -0.05) is 11.8 Å². The van der Waals surface area contributed by atoms with Gasteiger partial charge < -0.3 is 9.64 Å². The van der Waals surface area contributed by atoms with Gasteiger partial charge in [-0.25, -0.2) is 4.98 Å². The fraction of sp³-hybridized carbons (Fsp3) is 0.737. The van der Waals surface area contributed by atoms with E-state index in [0.717, 1.165) is 49.6 Å². The molecular formula is C19H30N4O2S. The Kier molecular flexibility index (Phi) is 6.40. The number of hydrogen-bond donors (Lipinski definition) is 0. The molecule has 2 saturated heterocycles. The minimum absolute atomic E-state index is 0.0903. The molecule has 3 rings (SSSR count). The fourth-order valence-electron chi connectivity index (χ4n) is 3.82. The first kappa shape index (κ1) is 19.4. The monoisotopic (exact) mass is 378 g/mol. The van der Waals surface area contributed by atoms with Crippen LogP contribution < -0.4 is 4.74 Å². The van der Waals surface area contributed by atoms with Crippen LogP contribution in [0.3, 0.4) is 0 Å². The van der Waals surface area contributed by atoms with Crippen molar-refractivity contribution in [3.05, 3.63) is 11.8 Å². The summed E-state index contributed by atoms with van der Waals surface area (Å²) < 4.78 is 5.99. The minimum atomic E-state index is 0.0903. The lowest BCUT2D eigenvalue weighted by Crippen LogP contribution is -2.47. The second-order valence-corrected chi connectivity index (χ2v) is 8.34. The van der Waals surface area contributed by atoms with Crippen molar-refractivity contribution < 1.29 is 9.53 Å². The van der Waals surface area contributed by atoms with Gasteiger partial charge in [0, 0.05) is 24.3 Å². The zero-order chi connectivity index (χ0) is 18.7. The summed E-state index contributed by atoms with van der Waals surface area (Å²) in [6.07, 6.45) is 6.91. The Balaban J connectivity index is 1.48. The standard InChI is InChI=1S/C19H30N4O2S/c1-13(2)23-10-7-16(18(23)24)22-8-5-15(6-9-22)12-25-17-14(3)11-20-19(21-17)26-4/h11,13,15-16H,5-10,12H2,1-4H3. The topological polar surface area (TPSA) is 58.6 Å². The lowest BCUT2D eigenvalue weighted by atomic mass is 9.96. The van der Waals surface area contributed by atoms with E-state index in [-0.39, 0.29) is 6.04 Å². The van der Waals surface area contributed by atoms with Gasteiger partial charge in [0.15, 0.2) is 5.16 Å². The minimum Gasteiger partial charge on any atom is -0.477 e. The summed E-state index contributed by atoms with van der Waals surface area (Å²) in [4.78, 5) is 25.7. The van der Waals surface area contributed by atoms with Crippen molar-refractivity contribution in [2.45, 2.75) is 57.3 Å². The van der Waals surface area contributed by atoms with Crippen LogP contribution in [0.1, 0.15) is 38.7 Å². The lowest BCUT2D eigenvalue weighted by molar-refractivity contribution is -0.134. The summed E-state index contributed by atoms with van der Waals surface area (Å²) in [5, 5.41) is 0.745. The number of hydrogen-bond acceptors (Lipinski definition) is 6. The number of nitrogens with zero attached hydrogens (tertiary/aromatic N) is 4. The Morgan fingerprint density at radius 3 is 2.62 bits per heavy atom. The number of rotatable bonds is 6. The Hall–Kier alpha value is -1.34. The normalized spacial score (nSPS) is 22.4. The van der Waals surface area contributed by atoms with Gasteiger partial charge in [0.25, 0.3) is 0 Å². The van der Waals surface area contributed by atoms with Crippen LogP contribution in [0.5, 0.6) is 5.88 Å². The first-order valence-electron chi connectivity index (χ1n) is 9.54. The molecule has 3 heterocycles. The third-order valence-corrected chi connectivity index (χ3v) is 6.03. The van der Waals surface area contributed by atoms with Crippen LogP contribution in [-0.4, -0.2) is 70.3 Å². The molecule has 0 saturated carbocycles. The van der Waals surface area contributed by atoms with Crippen molar-refractivity contribution in [1.29, 1.82) is 0 Å². The summed E-state index contributed by atoms with van der Waals surface area (Å²) in [6.45, 7) is 9.73. The van der Waals surface area contributed by atoms with Crippen LogP contribution in [0.4, 0.5) is 0 Å². The van der Waals surface area contributed by atoms with E-state index in [0.29, 0.717) is 30.4 Å². The highest BCUT2D eigenvalue weighted by Crippen LogP contribution is 2.26.